The molecule has 0 bridgehead atoms. The minimum absolute atomic E-state index is 0.0797. The standard InChI is InChI=1S/C24H33N7O2S/c1-15-19(25)23(13-32-15)7-10-31(11-8-23)17-12-28-22(20(26)29-17)34-16-4-9-27-21-18(16)33-14-24(30(21)2)5-3-6-24/h4,9,12,15,19H,3,5-8,10-11,13-14,25H2,1-2H3,(H2,26,29)/t15-,19+/m0/s1. The monoisotopic (exact) mass is 483 g/mol. The fraction of sp³-hybridized carbons (Fsp3) is 0.625. The van der Waals surface area contributed by atoms with Gasteiger partial charge in [-0.25, -0.2) is 15.0 Å². The quantitative estimate of drug-likeness (QED) is 0.675. The molecule has 4 aliphatic rings. The Morgan fingerprint density at radius 1 is 1.15 bits per heavy atom. The molecule has 34 heavy (non-hydrogen) atoms. The number of ether oxygens (including phenoxy) is 2. The largest absolute Gasteiger partial charge is 0.486 e. The number of pyridine rings is 1. The number of fused-ring (bicyclic) bond motifs is 1. The van der Waals surface area contributed by atoms with E-state index < -0.39 is 0 Å². The summed E-state index contributed by atoms with van der Waals surface area (Å²) in [6.07, 6.45) is 9.31. The van der Waals surface area contributed by atoms with Crippen LogP contribution in [0.1, 0.15) is 39.0 Å². The van der Waals surface area contributed by atoms with Crippen LogP contribution in [0.3, 0.4) is 0 Å². The van der Waals surface area contributed by atoms with Gasteiger partial charge in [0.25, 0.3) is 0 Å². The van der Waals surface area contributed by atoms with Crippen molar-refractivity contribution >= 4 is 29.2 Å². The van der Waals surface area contributed by atoms with E-state index in [1.165, 1.54) is 18.2 Å². The Kier molecular flexibility index (Phi) is 5.31. The van der Waals surface area contributed by atoms with Crippen molar-refractivity contribution in [3.05, 3.63) is 18.5 Å². The molecule has 1 aliphatic carbocycles. The Hall–Kier alpha value is -2.30. The molecule has 2 aromatic heterocycles. The maximum atomic E-state index is 6.46. The zero-order valence-corrected chi connectivity index (χ0v) is 20.7. The molecule has 1 saturated carbocycles. The van der Waals surface area contributed by atoms with Crippen LogP contribution in [0.4, 0.5) is 17.5 Å². The zero-order valence-electron chi connectivity index (χ0n) is 19.9. The van der Waals surface area contributed by atoms with Crippen LogP contribution in [0.2, 0.25) is 0 Å². The zero-order chi connectivity index (χ0) is 23.5. The van der Waals surface area contributed by atoms with Crippen LogP contribution in [0.25, 0.3) is 0 Å². The first-order valence-electron chi connectivity index (χ1n) is 12.2. The number of hydrogen-bond acceptors (Lipinski definition) is 10. The highest BCUT2D eigenvalue weighted by Crippen LogP contribution is 2.49. The number of nitrogens with zero attached hydrogens (tertiary/aromatic N) is 5. The Morgan fingerprint density at radius 2 is 1.94 bits per heavy atom. The predicted molar refractivity (Wildman–Crippen MR) is 133 cm³/mol. The van der Waals surface area contributed by atoms with Gasteiger partial charge in [-0.05, 0) is 45.1 Å². The molecule has 2 spiro atoms. The maximum Gasteiger partial charge on any atom is 0.175 e. The molecule has 0 unspecified atom stereocenters. The van der Waals surface area contributed by atoms with E-state index in [-0.39, 0.29) is 23.1 Å². The molecule has 9 nitrogen and oxygen atoms in total. The van der Waals surface area contributed by atoms with Crippen molar-refractivity contribution in [3.63, 3.8) is 0 Å². The van der Waals surface area contributed by atoms with E-state index >= 15 is 0 Å². The van der Waals surface area contributed by atoms with Gasteiger partial charge in [0.1, 0.15) is 17.5 Å². The summed E-state index contributed by atoms with van der Waals surface area (Å²) in [6.45, 7) is 5.28. The summed E-state index contributed by atoms with van der Waals surface area (Å²) < 4.78 is 12.1. The molecule has 0 radical (unpaired) electrons. The SMILES string of the molecule is C[C@@H]1OCC2(CCN(c3cnc(Sc4ccnc5c4OCC4(CCC4)N5C)c(N)n3)CC2)[C@@H]1N. The van der Waals surface area contributed by atoms with Crippen molar-refractivity contribution in [2.75, 3.05) is 48.9 Å². The normalized spacial score (nSPS) is 26.9. The maximum absolute atomic E-state index is 6.46. The number of rotatable bonds is 3. The van der Waals surface area contributed by atoms with E-state index in [0.29, 0.717) is 17.5 Å². The van der Waals surface area contributed by atoms with Crippen molar-refractivity contribution in [2.45, 2.75) is 66.6 Å². The first-order chi connectivity index (χ1) is 16.4. The highest BCUT2D eigenvalue weighted by atomic mass is 32.2. The lowest BCUT2D eigenvalue weighted by atomic mass is 9.73. The average Bonchev–Trinajstić information content (AvgIpc) is 3.09. The molecule has 2 saturated heterocycles. The molecule has 182 valence electrons. The van der Waals surface area contributed by atoms with Crippen molar-refractivity contribution in [3.8, 4) is 5.75 Å². The highest BCUT2D eigenvalue weighted by Gasteiger charge is 2.48. The number of nitrogens with two attached hydrogens (primary N) is 2. The van der Waals surface area contributed by atoms with Crippen molar-refractivity contribution in [1.82, 2.24) is 15.0 Å². The summed E-state index contributed by atoms with van der Waals surface area (Å²) in [5.74, 6) is 2.95. The highest BCUT2D eigenvalue weighted by molar-refractivity contribution is 7.99. The lowest BCUT2D eigenvalue weighted by Gasteiger charge is -2.51. The number of hydrogen-bond donors (Lipinski definition) is 2. The van der Waals surface area contributed by atoms with Gasteiger partial charge in [0.15, 0.2) is 17.4 Å². The molecule has 6 rings (SSSR count). The molecule has 5 heterocycles. The third-order valence-corrected chi connectivity index (χ3v) is 9.59. The second-order valence-electron chi connectivity index (χ2n) is 10.3. The summed E-state index contributed by atoms with van der Waals surface area (Å²) in [5, 5.41) is 0.681. The van der Waals surface area contributed by atoms with Crippen LogP contribution in [0, 0.1) is 5.41 Å². The fourth-order valence-corrected chi connectivity index (χ4v) is 6.68. The van der Waals surface area contributed by atoms with E-state index in [1.54, 1.807) is 0 Å². The summed E-state index contributed by atoms with van der Waals surface area (Å²) >= 11 is 1.49. The summed E-state index contributed by atoms with van der Waals surface area (Å²) in [5.41, 5.74) is 13.0. The van der Waals surface area contributed by atoms with Gasteiger partial charge in [-0.15, -0.1) is 0 Å². The molecule has 0 amide bonds. The van der Waals surface area contributed by atoms with Gasteiger partial charge in [0, 0.05) is 37.8 Å². The van der Waals surface area contributed by atoms with Gasteiger partial charge in [0.05, 0.1) is 29.3 Å². The van der Waals surface area contributed by atoms with Crippen LogP contribution in [-0.2, 0) is 4.74 Å². The Morgan fingerprint density at radius 3 is 2.59 bits per heavy atom. The lowest BCUT2D eigenvalue weighted by Crippen LogP contribution is -2.58. The van der Waals surface area contributed by atoms with Gasteiger partial charge in [-0.1, -0.05) is 11.8 Å². The fourth-order valence-electron chi connectivity index (χ4n) is 5.84. The van der Waals surface area contributed by atoms with Crippen molar-refractivity contribution < 1.29 is 9.47 Å². The third kappa shape index (κ3) is 3.41. The molecular weight excluding hydrogens is 450 g/mol. The van der Waals surface area contributed by atoms with Crippen LogP contribution in [-0.4, -0.2) is 66.0 Å². The molecular formula is C24H33N7O2S. The summed E-state index contributed by atoms with van der Waals surface area (Å²) in [7, 11) is 2.12. The minimum Gasteiger partial charge on any atom is -0.486 e. The number of nitrogen functional groups attached to an aromatic ring is 1. The number of likely N-dealkylation sites (N-methyl/N-ethyl adjacent to an activating group) is 1. The summed E-state index contributed by atoms with van der Waals surface area (Å²) in [4.78, 5) is 19.5. The van der Waals surface area contributed by atoms with Gasteiger partial charge >= 0.3 is 0 Å². The topological polar surface area (TPSA) is 116 Å². The van der Waals surface area contributed by atoms with E-state index in [9.17, 15) is 0 Å². The number of piperidine rings is 1. The molecule has 10 heteroatoms. The van der Waals surface area contributed by atoms with Gasteiger partial charge in [-0.2, -0.15) is 0 Å². The van der Waals surface area contributed by atoms with Crippen LogP contribution < -0.4 is 26.0 Å². The van der Waals surface area contributed by atoms with E-state index in [0.717, 1.165) is 67.7 Å². The first-order valence-corrected chi connectivity index (χ1v) is 13.0. The van der Waals surface area contributed by atoms with Gasteiger partial charge in [0.2, 0.25) is 0 Å². The molecule has 3 aliphatic heterocycles. The van der Waals surface area contributed by atoms with Crippen molar-refractivity contribution in [2.24, 2.45) is 11.1 Å². The Bertz CT molecular complexity index is 1090. The first kappa shape index (κ1) is 22.2. The third-order valence-electron chi connectivity index (χ3n) is 8.54. The smallest absolute Gasteiger partial charge is 0.175 e. The van der Waals surface area contributed by atoms with Crippen molar-refractivity contribution in [1.29, 1.82) is 0 Å². The Labute approximate surface area is 204 Å². The van der Waals surface area contributed by atoms with Gasteiger partial charge in [-0.3, -0.25) is 0 Å². The van der Waals surface area contributed by atoms with Gasteiger partial charge < -0.3 is 30.7 Å². The van der Waals surface area contributed by atoms with Crippen LogP contribution in [0.5, 0.6) is 5.75 Å². The van der Waals surface area contributed by atoms with E-state index in [1.807, 2.05) is 18.5 Å². The molecule has 0 aromatic carbocycles. The molecule has 2 atom stereocenters. The average molecular weight is 484 g/mol. The Balaban J connectivity index is 1.17. The number of aromatic nitrogens is 3. The number of anilines is 3. The van der Waals surface area contributed by atoms with Crippen LogP contribution in [0.15, 0.2) is 28.4 Å². The van der Waals surface area contributed by atoms with E-state index in [4.69, 9.17) is 25.9 Å². The molecule has 3 fully saturated rings. The molecule has 2 aromatic rings. The summed E-state index contributed by atoms with van der Waals surface area (Å²) in [6, 6.07) is 2.06. The van der Waals surface area contributed by atoms with E-state index in [2.05, 4.69) is 33.7 Å². The van der Waals surface area contributed by atoms with Crippen LogP contribution >= 0.6 is 11.8 Å². The molecule has 4 N–H and O–H groups in total. The second-order valence-corrected chi connectivity index (χ2v) is 11.3. The second kappa shape index (κ2) is 8.13. The minimum atomic E-state index is 0.0797. The predicted octanol–water partition coefficient (Wildman–Crippen LogP) is 2.69. The lowest BCUT2D eigenvalue weighted by molar-refractivity contribution is 0.0974.